The highest BCUT2D eigenvalue weighted by Gasteiger charge is 2.04. The van der Waals surface area contributed by atoms with Crippen molar-refractivity contribution in [3.05, 3.63) is 65.7 Å². The molecule has 0 saturated heterocycles. The number of nitriles is 1. The largest absolute Gasteiger partial charge is 0.427 e. The number of esters is 1. The molecule has 0 aliphatic heterocycles. The highest BCUT2D eigenvalue weighted by atomic mass is 16.5. The van der Waals surface area contributed by atoms with E-state index in [-0.39, 0.29) is 5.97 Å². The van der Waals surface area contributed by atoms with Crippen LogP contribution in [0.4, 0.5) is 0 Å². The third-order valence-corrected chi connectivity index (χ3v) is 3.08. The Hall–Kier alpha value is -2.86. The summed E-state index contributed by atoms with van der Waals surface area (Å²) in [4.78, 5) is 11.4. The van der Waals surface area contributed by atoms with E-state index < -0.39 is 0 Å². The van der Waals surface area contributed by atoms with Gasteiger partial charge >= 0.3 is 5.97 Å². The fourth-order valence-corrected chi connectivity index (χ4v) is 1.98. The molecule has 0 aliphatic rings. The molecule has 110 valence electrons. The van der Waals surface area contributed by atoms with Crippen LogP contribution < -0.4 is 4.74 Å². The van der Waals surface area contributed by atoms with Gasteiger partial charge < -0.3 is 4.74 Å². The lowest BCUT2D eigenvalue weighted by molar-refractivity contribution is -0.134. The van der Waals surface area contributed by atoms with Gasteiger partial charge in [0.25, 0.3) is 0 Å². The number of nitrogens with zero attached hydrogens (tertiary/aromatic N) is 1. The summed E-state index contributed by atoms with van der Waals surface area (Å²) in [5.41, 5.74) is 2.36. The molecule has 0 radical (unpaired) electrons. The molecule has 0 aliphatic carbocycles. The fourth-order valence-electron chi connectivity index (χ4n) is 1.98. The van der Waals surface area contributed by atoms with E-state index in [2.05, 4.69) is 6.07 Å². The zero-order chi connectivity index (χ0) is 15.8. The first-order valence-corrected chi connectivity index (χ1v) is 7.21. The number of carbonyl (C=O) groups is 1. The summed E-state index contributed by atoms with van der Waals surface area (Å²) in [6.45, 7) is 1.93. The molecular weight excluding hydrogens is 274 g/mol. The predicted octanol–water partition coefficient (Wildman–Crippen LogP) is 4.46. The molecule has 0 aromatic heterocycles. The Morgan fingerprint density at radius 2 is 1.82 bits per heavy atom. The topological polar surface area (TPSA) is 50.1 Å². The minimum absolute atomic E-state index is 0.229. The summed E-state index contributed by atoms with van der Waals surface area (Å²) in [6.07, 6.45) is 2.99. The number of ether oxygens (including phenoxy) is 1. The molecule has 22 heavy (non-hydrogen) atoms. The van der Waals surface area contributed by atoms with Crippen LogP contribution in [0.1, 0.15) is 30.9 Å². The molecule has 2 aromatic rings. The van der Waals surface area contributed by atoms with E-state index in [0.717, 1.165) is 17.5 Å². The number of allylic oxidation sites excluding steroid dienone is 1. The zero-order valence-electron chi connectivity index (χ0n) is 12.5. The summed E-state index contributed by atoms with van der Waals surface area (Å²) in [5, 5.41) is 9.29. The molecule has 3 nitrogen and oxygen atoms in total. The second kappa shape index (κ2) is 7.80. The summed E-state index contributed by atoms with van der Waals surface area (Å²) >= 11 is 0. The lowest BCUT2D eigenvalue weighted by Crippen LogP contribution is -2.06. The van der Waals surface area contributed by atoms with Crippen LogP contribution in [0.15, 0.2) is 54.6 Å². The van der Waals surface area contributed by atoms with Gasteiger partial charge in [-0.15, -0.1) is 0 Å². The third kappa shape index (κ3) is 4.32. The smallest absolute Gasteiger partial charge is 0.311 e. The molecule has 0 heterocycles. The van der Waals surface area contributed by atoms with Crippen LogP contribution in [0.5, 0.6) is 5.75 Å². The third-order valence-electron chi connectivity index (χ3n) is 3.08. The minimum atomic E-state index is -0.229. The SMILES string of the molecule is CCCC(=O)Oc1ccc(/C=C(/C#N)c2ccccc2)cc1. The molecule has 0 unspecified atom stereocenters. The van der Waals surface area contributed by atoms with Gasteiger partial charge in [-0.2, -0.15) is 5.26 Å². The summed E-state index contributed by atoms with van der Waals surface area (Å²) < 4.78 is 5.20. The zero-order valence-corrected chi connectivity index (χ0v) is 12.5. The van der Waals surface area contributed by atoms with Gasteiger partial charge in [0.1, 0.15) is 5.75 Å². The average Bonchev–Trinajstić information content (AvgIpc) is 2.55. The van der Waals surface area contributed by atoms with E-state index in [4.69, 9.17) is 4.74 Å². The van der Waals surface area contributed by atoms with E-state index in [1.165, 1.54) is 0 Å². The normalized spacial score (nSPS) is 10.8. The summed E-state index contributed by atoms with van der Waals surface area (Å²) in [5.74, 6) is 0.293. The van der Waals surface area contributed by atoms with Gasteiger partial charge in [0.2, 0.25) is 0 Å². The molecule has 0 spiro atoms. The first-order valence-electron chi connectivity index (χ1n) is 7.21. The number of hydrogen-bond donors (Lipinski definition) is 0. The van der Waals surface area contributed by atoms with Gasteiger partial charge in [0.05, 0.1) is 11.6 Å². The number of hydrogen-bond acceptors (Lipinski definition) is 3. The van der Waals surface area contributed by atoms with Gasteiger partial charge in [-0.05, 0) is 35.8 Å². The molecule has 0 fully saturated rings. The molecular formula is C19H17NO2. The predicted molar refractivity (Wildman–Crippen MR) is 86.9 cm³/mol. The standard InChI is InChI=1S/C19H17NO2/c1-2-6-19(21)22-18-11-9-15(10-12-18)13-17(14-20)16-7-4-3-5-8-16/h3-5,7-13H,2,6H2,1H3/b17-13-. The fraction of sp³-hybridized carbons (Fsp3) is 0.158. The molecule has 0 amide bonds. The lowest BCUT2D eigenvalue weighted by Gasteiger charge is -2.04. The van der Waals surface area contributed by atoms with Crippen molar-refractivity contribution < 1.29 is 9.53 Å². The van der Waals surface area contributed by atoms with Crippen LogP contribution in [0.2, 0.25) is 0 Å². The van der Waals surface area contributed by atoms with Gasteiger partial charge in [-0.3, -0.25) is 4.79 Å². The first kappa shape index (κ1) is 15.5. The van der Waals surface area contributed by atoms with Gasteiger partial charge in [0.15, 0.2) is 0 Å². The maximum Gasteiger partial charge on any atom is 0.311 e. The Morgan fingerprint density at radius 3 is 2.41 bits per heavy atom. The van der Waals surface area contributed by atoms with Crippen molar-refractivity contribution in [2.24, 2.45) is 0 Å². The monoisotopic (exact) mass is 291 g/mol. The van der Waals surface area contributed by atoms with Crippen LogP contribution in [-0.2, 0) is 4.79 Å². The maximum atomic E-state index is 11.4. The Labute approximate surface area is 130 Å². The van der Waals surface area contributed by atoms with Crippen molar-refractivity contribution in [2.75, 3.05) is 0 Å². The molecule has 0 bridgehead atoms. The number of rotatable bonds is 5. The molecule has 3 heteroatoms. The highest BCUT2D eigenvalue weighted by Crippen LogP contribution is 2.19. The second-order valence-corrected chi connectivity index (χ2v) is 4.83. The van der Waals surface area contributed by atoms with Crippen molar-refractivity contribution in [3.8, 4) is 11.8 Å². The van der Waals surface area contributed by atoms with Gasteiger partial charge in [-0.25, -0.2) is 0 Å². The summed E-state index contributed by atoms with van der Waals surface area (Å²) in [7, 11) is 0. The summed E-state index contributed by atoms with van der Waals surface area (Å²) in [6, 6.07) is 18.8. The van der Waals surface area contributed by atoms with Gasteiger partial charge in [0, 0.05) is 6.42 Å². The average molecular weight is 291 g/mol. The van der Waals surface area contributed by atoms with Crippen LogP contribution >= 0.6 is 0 Å². The van der Waals surface area contributed by atoms with Crippen molar-refractivity contribution in [1.29, 1.82) is 5.26 Å². The highest BCUT2D eigenvalue weighted by molar-refractivity contribution is 5.89. The second-order valence-electron chi connectivity index (χ2n) is 4.83. The van der Waals surface area contributed by atoms with E-state index >= 15 is 0 Å². The van der Waals surface area contributed by atoms with Crippen molar-refractivity contribution >= 4 is 17.6 Å². The quantitative estimate of drug-likeness (QED) is 0.354. The van der Waals surface area contributed by atoms with Crippen LogP contribution in [0.25, 0.3) is 11.6 Å². The molecule has 0 atom stereocenters. The van der Waals surface area contributed by atoms with Crippen LogP contribution in [-0.4, -0.2) is 5.97 Å². The van der Waals surface area contributed by atoms with E-state index in [0.29, 0.717) is 17.7 Å². The molecule has 0 saturated carbocycles. The molecule has 2 aromatic carbocycles. The first-order chi connectivity index (χ1) is 10.7. The van der Waals surface area contributed by atoms with E-state index in [9.17, 15) is 10.1 Å². The van der Waals surface area contributed by atoms with Crippen molar-refractivity contribution in [1.82, 2.24) is 0 Å². The molecule has 2 rings (SSSR count). The number of carbonyl (C=O) groups excluding carboxylic acids is 1. The van der Waals surface area contributed by atoms with Gasteiger partial charge in [-0.1, -0.05) is 49.4 Å². The Balaban J connectivity index is 2.15. The van der Waals surface area contributed by atoms with Crippen LogP contribution in [0, 0.1) is 11.3 Å². The Bertz CT molecular complexity index is 694. The maximum absolute atomic E-state index is 11.4. The van der Waals surface area contributed by atoms with E-state index in [1.54, 1.807) is 12.1 Å². The van der Waals surface area contributed by atoms with Crippen molar-refractivity contribution in [2.45, 2.75) is 19.8 Å². The minimum Gasteiger partial charge on any atom is -0.427 e. The lowest BCUT2D eigenvalue weighted by atomic mass is 10.0. The Kier molecular flexibility index (Phi) is 5.50. The Morgan fingerprint density at radius 1 is 1.14 bits per heavy atom. The number of benzene rings is 2. The van der Waals surface area contributed by atoms with Crippen molar-refractivity contribution in [3.63, 3.8) is 0 Å². The van der Waals surface area contributed by atoms with E-state index in [1.807, 2.05) is 55.5 Å². The van der Waals surface area contributed by atoms with Crippen LogP contribution in [0.3, 0.4) is 0 Å². The molecule has 0 N–H and O–H groups in total.